The van der Waals surface area contributed by atoms with E-state index in [9.17, 15) is 23.6 Å². The Morgan fingerprint density at radius 3 is 2.68 bits per heavy atom. The molecule has 0 saturated carbocycles. The molecule has 0 spiro atoms. The smallest absolute Gasteiger partial charge is 0.373 e. The second-order valence-electron chi connectivity index (χ2n) is 7.64. The van der Waals surface area contributed by atoms with Crippen molar-refractivity contribution in [2.45, 2.75) is 6.54 Å². The van der Waals surface area contributed by atoms with Crippen molar-refractivity contribution in [1.82, 2.24) is 10.2 Å². The molecule has 37 heavy (non-hydrogen) atoms. The highest BCUT2D eigenvalue weighted by molar-refractivity contribution is 6.32. The average Bonchev–Trinajstić information content (AvgIpc) is 3.45. The van der Waals surface area contributed by atoms with Crippen molar-refractivity contribution in [3.63, 3.8) is 0 Å². The van der Waals surface area contributed by atoms with Crippen LogP contribution in [-0.2, 0) is 20.9 Å². The largest absolute Gasteiger partial charge is 0.482 e. The summed E-state index contributed by atoms with van der Waals surface area (Å²) in [7, 11) is 1.20. The minimum absolute atomic E-state index is 0.00116. The van der Waals surface area contributed by atoms with E-state index in [0.29, 0.717) is 5.56 Å². The number of esters is 1. The summed E-state index contributed by atoms with van der Waals surface area (Å²) in [6.07, 6.45) is 1.42. The lowest BCUT2D eigenvalue weighted by atomic mass is 10.2. The number of carbonyl (C=O) groups excluding carboxylic acids is 4. The summed E-state index contributed by atoms with van der Waals surface area (Å²) in [6.45, 7) is -0.607. The highest BCUT2D eigenvalue weighted by Gasteiger charge is 2.34. The van der Waals surface area contributed by atoms with E-state index in [-0.39, 0.29) is 40.2 Å². The molecule has 1 fully saturated rings. The molecular weight excluding hydrogens is 509 g/mol. The van der Waals surface area contributed by atoms with Crippen LogP contribution in [0.3, 0.4) is 0 Å². The normalized spacial score (nSPS) is 14.0. The topological polar surface area (TPSA) is 127 Å². The lowest BCUT2D eigenvalue weighted by Crippen LogP contribution is -2.30. The zero-order chi connectivity index (χ0) is 26.5. The van der Waals surface area contributed by atoms with Gasteiger partial charge in [-0.2, -0.15) is 0 Å². The molecule has 12 heteroatoms. The molecule has 4 amide bonds. The first-order valence-corrected chi connectivity index (χ1v) is 11.1. The number of methoxy groups -OCH3 is 1. The van der Waals surface area contributed by atoms with Gasteiger partial charge in [0.05, 0.1) is 24.4 Å². The third-order valence-electron chi connectivity index (χ3n) is 5.10. The van der Waals surface area contributed by atoms with Crippen LogP contribution < -0.4 is 15.4 Å². The van der Waals surface area contributed by atoms with Crippen molar-refractivity contribution in [3.8, 4) is 5.75 Å². The van der Waals surface area contributed by atoms with E-state index in [0.717, 1.165) is 4.90 Å². The molecule has 1 aliphatic rings. The number of para-hydroxylation sites is 1. The maximum Gasteiger partial charge on any atom is 0.373 e. The molecule has 10 nitrogen and oxygen atoms in total. The molecular formula is C25H19ClFN3O7. The van der Waals surface area contributed by atoms with E-state index in [1.807, 2.05) is 0 Å². The number of benzene rings is 2. The first-order valence-electron chi connectivity index (χ1n) is 10.7. The zero-order valence-corrected chi connectivity index (χ0v) is 20.0. The molecule has 2 heterocycles. The third kappa shape index (κ3) is 5.96. The third-order valence-corrected chi connectivity index (χ3v) is 5.39. The van der Waals surface area contributed by atoms with Gasteiger partial charge in [-0.1, -0.05) is 29.8 Å². The number of rotatable bonds is 8. The predicted octanol–water partition coefficient (Wildman–Crippen LogP) is 3.97. The summed E-state index contributed by atoms with van der Waals surface area (Å²) in [5.41, 5.74) is 0.501. The van der Waals surface area contributed by atoms with Gasteiger partial charge >= 0.3 is 12.0 Å². The molecule has 0 radical (unpaired) electrons. The highest BCUT2D eigenvalue weighted by atomic mass is 35.5. The Morgan fingerprint density at radius 1 is 1.16 bits per heavy atom. The zero-order valence-electron chi connectivity index (χ0n) is 19.2. The number of amides is 4. The Kier molecular flexibility index (Phi) is 7.54. The number of urea groups is 1. The molecule has 0 aliphatic carbocycles. The molecule has 190 valence electrons. The van der Waals surface area contributed by atoms with E-state index in [4.69, 9.17) is 20.8 Å². The summed E-state index contributed by atoms with van der Waals surface area (Å²) in [6, 6.07) is 12.4. The van der Waals surface area contributed by atoms with Gasteiger partial charge in [0.15, 0.2) is 6.61 Å². The van der Waals surface area contributed by atoms with E-state index < -0.39 is 36.2 Å². The lowest BCUT2D eigenvalue weighted by molar-refractivity contribution is -0.123. The van der Waals surface area contributed by atoms with Gasteiger partial charge in [0, 0.05) is 0 Å². The van der Waals surface area contributed by atoms with Crippen molar-refractivity contribution in [2.24, 2.45) is 0 Å². The minimum atomic E-state index is -0.681. The Morgan fingerprint density at radius 2 is 1.95 bits per heavy atom. The fraction of sp³-hybridized carbons (Fsp3) is 0.120. The standard InChI is InChI=1S/C25H19ClFN3O7/c1-35-24(33)21-9-7-15(37-21)12-30-23(32)19(29-25(30)34)11-14-6-8-20(16(26)10-14)36-13-22(31)28-18-5-3-2-4-17(18)27/h2-11H,12-13H2,1H3,(H,28,31)(H,29,34)/b19-11-. The lowest BCUT2D eigenvalue weighted by Gasteiger charge is -2.10. The molecule has 2 N–H and O–H groups in total. The summed E-state index contributed by atoms with van der Waals surface area (Å²) in [4.78, 5) is 49.6. The number of hydrogen-bond acceptors (Lipinski definition) is 7. The summed E-state index contributed by atoms with van der Waals surface area (Å²) < 4.78 is 28.9. The van der Waals surface area contributed by atoms with Gasteiger partial charge in [-0.25, -0.2) is 14.0 Å². The highest BCUT2D eigenvalue weighted by Crippen LogP contribution is 2.27. The number of carbonyl (C=O) groups is 4. The monoisotopic (exact) mass is 527 g/mol. The van der Waals surface area contributed by atoms with Crippen LogP contribution in [0.15, 0.2) is 64.7 Å². The van der Waals surface area contributed by atoms with Crippen LogP contribution in [0.2, 0.25) is 5.02 Å². The maximum absolute atomic E-state index is 13.7. The Hall–Kier alpha value is -4.64. The molecule has 1 aliphatic heterocycles. The van der Waals surface area contributed by atoms with Crippen LogP contribution in [0.4, 0.5) is 14.9 Å². The van der Waals surface area contributed by atoms with E-state index >= 15 is 0 Å². The fourth-order valence-corrected chi connectivity index (χ4v) is 3.57. The number of furan rings is 1. The molecule has 0 unspecified atom stereocenters. The number of nitrogens with one attached hydrogen (secondary N) is 2. The van der Waals surface area contributed by atoms with Gasteiger partial charge in [0.2, 0.25) is 5.76 Å². The van der Waals surface area contributed by atoms with Crippen molar-refractivity contribution >= 4 is 47.2 Å². The predicted molar refractivity (Wildman–Crippen MR) is 129 cm³/mol. The van der Waals surface area contributed by atoms with Crippen LogP contribution in [0.5, 0.6) is 5.75 Å². The van der Waals surface area contributed by atoms with Crippen LogP contribution in [0, 0.1) is 5.82 Å². The number of hydrogen-bond donors (Lipinski definition) is 2. The van der Waals surface area contributed by atoms with Crippen LogP contribution in [-0.4, -0.2) is 42.4 Å². The number of halogens is 2. The van der Waals surface area contributed by atoms with E-state index in [2.05, 4.69) is 15.4 Å². The van der Waals surface area contributed by atoms with Gasteiger partial charge in [0.1, 0.15) is 23.0 Å². The van der Waals surface area contributed by atoms with Crippen LogP contribution in [0.25, 0.3) is 6.08 Å². The fourth-order valence-electron chi connectivity index (χ4n) is 3.33. The number of ether oxygens (including phenoxy) is 2. The Bertz CT molecular complexity index is 1420. The molecule has 1 saturated heterocycles. The summed E-state index contributed by atoms with van der Waals surface area (Å²) in [5, 5.41) is 5.01. The van der Waals surface area contributed by atoms with Crippen molar-refractivity contribution in [2.75, 3.05) is 19.0 Å². The molecule has 0 bridgehead atoms. The number of anilines is 1. The van der Waals surface area contributed by atoms with Gasteiger partial charge in [-0.15, -0.1) is 0 Å². The number of nitrogens with zero attached hydrogens (tertiary/aromatic N) is 1. The first-order chi connectivity index (χ1) is 17.7. The Balaban J connectivity index is 1.38. The SMILES string of the molecule is COC(=O)c1ccc(CN2C(=O)N/C(=C\c3ccc(OCC(=O)Nc4ccccc4F)c(Cl)c3)C2=O)o1. The molecule has 1 aromatic heterocycles. The Labute approximate surface area is 214 Å². The molecule has 3 aromatic rings. The van der Waals surface area contributed by atoms with Crippen LogP contribution in [0.1, 0.15) is 21.9 Å². The van der Waals surface area contributed by atoms with E-state index in [1.165, 1.54) is 55.7 Å². The van der Waals surface area contributed by atoms with Gasteiger partial charge in [-0.05, 0) is 48.0 Å². The molecule has 0 atom stereocenters. The quantitative estimate of drug-likeness (QED) is 0.258. The van der Waals surface area contributed by atoms with E-state index in [1.54, 1.807) is 12.1 Å². The molecule has 4 rings (SSSR count). The molecule has 2 aromatic carbocycles. The average molecular weight is 528 g/mol. The van der Waals surface area contributed by atoms with Crippen LogP contribution >= 0.6 is 11.6 Å². The summed E-state index contributed by atoms with van der Waals surface area (Å²) >= 11 is 6.25. The first kappa shape index (κ1) is 25.5. The minimum Gasteiger partial charge on any atom is -0.482 e. The summed E-state index contributed by atoms with van der Waals surface area (Å²) in [5.74, 6) is -2.09. The van der Waals surface area contributed by atoms with Crippen molar-refractivity contribution in [3.05, 3.63) is 88.2 Å². The van der Waals surface area contributed by atoms with Crippen molar-refractivity contribution in [1.29, 1.82) is 0 Å². The van der Waals surface area contributed by atoms with Gasteiger partial charge in [0.25, 0.3) is 11.8 Å². The maximum atomic E-state index is 13.7. The second kappa shape index (κ2) is 11.0. The second-order valence-corrected chi connectivity index (χ2v) is 8.05. The number of imide groups is 1. The van der Waals surface area contributed by atoms with Crippen molar-refractivity contribution < 1.29 is 37.5 Å². The van der Waals surface area contributed by atoms with Gasteiger partial charge in [-0.3, -0.25) is 14.5 Å². The van der Waals surface area contributed by atoms with Gasteiger partial charge < -0.3 is 24.5 Å².